The molecule has 96 valence electrons. The Labute approximate surface area is 112 Å². The van der Waals surface area contributed by atoms with Crippen molar-refractivity contribution in [3.63, 3.8) is 0 Å². The Bertz CT molecular complexity index is 303. The third kappa shape index (κ3) is 6.17. The van der Waals surface area contributed by atoms with Gasteiger partial charge in [0.05, 0.1) is 19.8 Å². The van der Waals surface area contributed by atoms with Crippen LogP contribution in [-0.4, -0.2) is 33.5 Å². The first-order chi connectivity index (χ1) is 8.24. The summed E-state index contributed by atoms with van der Waals surface area (Å²) in [4.78, 5) is 0. The summed E-state index contributed by atoms with van der Waals surface area (Å²) >= 11 is 3.43. The molecular formula is C13H20BrNO2. The van der Waals surface area contributed by atoms with Crippen LogP contribution in [0, 0.1) is 0 Å². The standard InChI is InChI=1S/C13H20BrNO2/c1-11(12-3-5-13(14)6-4-12)15-7-8-17-10-9-16-2/h3-6,11,15H,7-10H2,1-2H3/t11-/m1/s1. The lowest BCUT2D eigenvalue weighted by Gasteiger charge is -2.14. The highest BCUT2D eigenvalue weighted by atomic mass is 79.9. The Morgan fingerprint density at radius 2 is 1.88 bits per heavy atom. The SMILES string of the molecule is COCCOCCN[C@H](C)c1ccc(Br)cc1. The van der Waals surface area contributed by atoms with E-state index in [9.17, 15) is 0 Å². The van der Waals surface area contributed by atoms with E-state index in [0.717, 1.165) is 11.0 Å². The summed E-state index contributed by atoms with van der Waals surface area (Å²) in [6.07, 6.45) is 0. The summed E-state index contributed by atoms with van der Waals surface area (Å²) in [6, 6.07) is 8.70. The lowest BCUT2D eigenvalue weighted by molar-refractivity contribution is 0.0712. The van der Waals surface area contributed by atoms with E-state index >= 15 is 0 Å². The van der Waals surface area contributed by atoms with Crippen molar-refractivity contribution in [1.29, 1.82) is 0 Å². The van der Waals surface area contributed by atoms with Gasteiger partial charge in [-0.25, -0.2) is 0 Å². The maximum absolute atomic E-state index is 5.38. The third-order valence-electron chi connectivity index (χ3n) is 2.50. The number of methoxy groups -OCH3 is 1. The van der Waals surface area contributed by atoms with Crippen LogP contribution in [0.5, 0.6) is 0 Å². The summed E-state index contributed by atoms with van der Waals surface area (Å²) in [6.45, 7) is 5.02. The quantitative estimate of drug-likeness (QED) is 0.749. The summed E-state index contributed by atoms with van der Waals surface area (Å²) in [7, 11) is 1.68. The molecule has 0 bridgehead atoms. The van der Waals surface area contributed by atoms with Crippen LogP contribution in [0.3, 0.4) is 0 Å². The Morgan fingerprint density at radius 1 is 1.18 bits per heavy atom. The molecule has 1 rings (SSSR count). The number of benzene rings is 1. The third-order valence-corrected chi connectivity index (χ3v) is 3.03. The molecule has 1 aromatic carbocycles. The zero-order chi connectivity index (χ0) is 12.5. The molecule has 0 radical (unpaired) electrons. The highest BCUT2D eigenvalue weighted by molar-refractivity contribution is 9.10. The highest BCUT2D eigenvalue weighted by Gasteiger charge is 2.03. The molecule has 0 amide bonds. The monoisotopic (exact) mass is 301 g/mol. The van der Waals surface area contributed by atoms with Gasteiger partial charge in [0.25, 0.3) is 0 Å². The number of halogens is 1. The van der Waals surface area contributed by atoms with Crippen molar-refractivity contribution in [2.24, 2.45) is 0 Å². The normalized spacial score (nSPS) is 12.6. The summed E-state index contributed by atoms with van der Waals surface area (Å²) in [5.74, 6) is 0. The number of hydrogen-bond donors (Lipinski definition) is 1. The first kappa shape index (κ1) is 14.6. The fourth-order valence-corrected chi connectivity index (χ4v) is 1.73. The molecule has 0 spiro atoms. The van der Waals surface area contributed by atoms with Gasteiger partial charge in [-0.15, -0.1) is 0 Å². The molecule has 1 N–H and O–H groups in total. The van der Waals surface area contributed by atoms with E-state index in [1.54, 1.807) is 7.11 Å². The maximum atomic E-state index is 5.38. The number of rotatable bonds is 8. The zero-order valence-corrected chi connectivity index (χ0v) is 12.0. The predicted molar refractivity (Wildman–Crippen MR) is 73.3 cm³/mol. The molecule has 3 nitrogen and oxygen atoms in total. The molecule has 0 aliphatic heterocycles. The van der Waals surface area contributed by atoms with Crippen LogP contribution in [0.4, 0.5) is 0 Å². The van der Waals surface area contributed by atoms with Crippen molar-refractivity contribution in [3.05, 3.63) is 34.3 Å². The molecule has 1 atom stereocenters. The van der Waals surface area contributed by atoms with Crippen molar-refractivity contribution in [2.45, 2.75) is 13.0 Å². The van der Waals surface area contributed by atoms with Crippen molar-refractivity contribution in [3.8, 4) is 0 Å². The van der Waals surface area contributed by atoms with Crippen molar-refractivity contribution in [2.75, 3.05) is 33.5 Å². The van der Waals surface area contributed by atoms with Crippen LogP contribution < -0.4 is 5.32 Å². The van der Waals surface area contributed by atoms with Crippen LogP contribution >= 0.6 is 15.9 Å². The second-order valence-corrected chi connectivity index (χ2v) is 4.75. The van der Waals surface area contributed by atoms with Gasteiger partial charge in [0.2, 0.25) is 0 Å². The average molecular weight is 302 g/mol. The second-order valence-electron chi connectivity index (χ2n) is 3.83. The maximum Gasteiger partial charge on any atom is 0.0700 e. The van der Waals surface area contributed by atoms with Gasteiger partial charge >= 0.3 is 0 Å². The molecule has 0 fully saturated rings. The van der Waals surface area contributed by atoms with Gasteiger partial charge < -0.3 is 14.8 Å². The Hall–Kier alpha value is -0.420. The zero-order valence-electron chi connectivity index (χ0n) is 10.4. The molecule has 0 aliphatic carbocycles. The van der Waals surface area contributed by atoms with Gasteiger partial charge in [-0.2, -0.15) is 0 Å². The Kier molecular flexibility index (Phi) is 7.44. The molecule has 0 aliphatic rings. The van der Waals surface area contributed by atoms with Gasteiger partial charge in [0.15, 0.2) is 0 Å². The van der Waals surface area contributed by atoms with Crippen LogP contribution in [0.15, 0.2) is 28.7 Å². The van der Waals surface area contributed by atoms with Crippen molar-refractivity contribution in [1.82, 2.24) is 5.32 Å². The summed E-state index contributed by atoms with van der Waals surface area (Å²) in [5.41, 5.74) is 1.28. The molecule has 17 heavy (non-hydrogen) atoms. The lowest BCUT2D eigenvalue weighted by Crippen LogP contribution is -2.23. The Balaban J connectivity index is 2.16. The van der Waals surface area contributed by atoms with Crippen LogP contribution in [0.25, 0.3) is 0 Å². The molecule has 0 saturated heterocycles. The molecule has 0 heterocycles. The van der Waals surface area contributed by atoms with E-state index in [1.165, 1.54) is 5.56 Å². The second kappa shape index (κ2) is 8.64. The molecule has 1 aromatic rings. The van der Waals surface area contributed by atoms with Crippen molar-refractivity contribution >= 4 is 15.9 Å². The smallest absolute Gasteiger partial charge is 0.0700 e. The average Bonchev–Trinajstić information content (AvgIpc) is 2.34. The van der Waals surface area contributed by atoms with Crippen LogP contribution in [-0.2, 0) is 9.47 Å². The number of nitrogens with one attached hydrogen (secondary N) is 1. The van der Waals surface area contributed by atoms with E-state index in [0.29, 0.717) is 25.9 Å². The van der Waals surface area contributed by atoms with Gasteiger partial charge in [-0.05, 0) is 24.6 Å². The molecular weight excluding hydrogens is 282 g/mol. The molecule has 0 unspecified atom stereocenters. The molecule has 0 saturated carbocycles. The van der Waals surface area contributed by atoms with Crippen molar-refractivity contribution < 1.29 is 9.47 Å². The minimum Gasteiger partial charge on any atom is -0.382 e. The van der Waals surface area contributed by atoms with Gasteiger partial charge in [-0.3, -0.25) is 0 Å². The fraction of sp³-hybridized carbons (Fsp3) is 0.538. The number of hydrogen-bond acceptors (Lipinski definition) is 3. The van der Waals surface area contributed by atoms with E-state index < -0.39 is 0 Å². The van der Waals surface area contributed by atoms with Crippen LogP contribution in [0.2, 0.25) is 0 Å². The lowest BCUT2D eigenvalue weighted by atomic mass is 10.1. The van der Waals surface area contributed by atoms with E-state index in [2.05, 4.69) is 52.4 Å². The highest BCUT2D eigenvalue weighted by Crippen LogP contribution is 2.16. The first-order valence-electron chi connectivity index (χ1n) is 5.79. The van der Waals surface area contributed by atoms with Gasteiger partial charge in [0.1, 0.15) is 0 Å². The van der Waals surface area contributed by atoms with E-state index in [1.807, 2.05) is 0 Å². The number of ether oxygens (including phenoxy) is 2. The Morgan fingerprint density at radius 3 is 2.53 bits per heavy atom. The molecule has 4 heteroatoms. The summed E-state index contributed by atoms with van der Waals surface area (Å²) < 4.78 is 11.4. The summed E-state index contributed by atoms with van der Waals surface area (Å²) in [5, 5.41) is 3.41. The predicted octanol–water partition coefficient (Wildman–Crippen LogP) is 2.76. The van der Waals surface area contributed by atoms with Crippen LogP contribution in [0.1, 0.15) is 18.5 Å². The van der Waals surface area contributed by atoms with Gasteiger partial charge in [0, 0.05) is 24.2 Å². The first-order valence-corrected chi connectivity index (χ1v) is 6.59. The largest absolute Gasteiger partial charge is 0.382 e. The fourth-order valence-electron chi connectivity index (χ4n) is 1.46. The molecule has 0 aromatic heterocycles. The minimum absolute atomic E-state index is 0.342. The van der Waals surface area contributed by atoms with E-state index in [-0.39, 0.29) is 0 Å². The van der Waals surface area contributed by atoms with Gasteiger partial charge in [-0.1, -0.05) is 28.1 Å². The minimum atomic E-state index is 0.342. The topological polar surface area (TPSA) is 30.5 Å². The van der Waals surface area contributed by atoms with E-state index in [4.69, 9.17) is 9.47 Å².